The lowest BCUT2D eigenvalue weighted by Crippen LogP contribution is -2.34. The zero-order valence-corrected chi connectivity index (χ0v) is 51.9. The Morgan fingerprint density at radius 1 is 0.917 bits per heavy atom. The van der Waals surface area contributed by atoms with Crippen LogP contribution in [0.25, 0.3) is 40.7 Å². The predicted molar refractivity (Wildman–Crippen MR) is 340 cm³/mol. The molecule has 1 saturated heterocycles. The molecular formula is C69H81N5O8S2. The number of nitrogens with one attached hydrogen (secondary N) is 1. The van der Waals surface area contributed by atoms with Crippen molar-refractivity contribution in [2.75, 3.05) is 33.9 Å². The van der Waals surface area contributed by atoms with Crippen LogP contribution in [0.1, 0.15) is 157 Å². The predicted octanol–water partition coefficient (Wildman–Crippen LogP) is 15.5. The Bertz CT molecular complexity index is 3470. The molecule has 9 rings (SSSR count). The summed E-state index contributed by atoms with van der Waals surface area (Å²) < 4.78 is 32.5. The topological polar surface area (TPSA) is 168 Å². The molecule has 13 nitrogen and oxygen atoms in total. The van der Waals surface area contributed by atoms with E-state index in [1.54, 1.807) is 36.9 Å². The van der Waals surface area contributed by atoms with Gasteiger partial charge in [0.15, 0.2) is 11.5 Å². The number of thiophene rings is 2. The molecule has 5 aromatic rings. The highest BCUT2D eigenvalue weighted by molar-refractivity contribution is 7.08. The quantitative estimate of drug-likeness (QED) is 0.0267. The molecular weight excluding hydrogens is 1090 g/mol. The highest BCUT2D eigenvalue weighted by Crippen LogP contribution is 2.46. The summed E-state index contributed by atoms with van der Waals surface area (Å²) in [7, 11) is 3.33. The van der Waals surface area contributed by atoms with Crippen LogP contribution in [0.5, 0.6) is 23.0 Å². The number of fused-ring (bicyclic) bond motifs is 4. The van der Waals surface area contributed by atoms with Gasteiger partial charge in [-0.05, 0) is 182 Å². The second-order valence-corrected chi connectivity index (χ2v) is 25.6. The van der Waals surface area contributed by atoms with Gasteiger partial charge < -0.3 is 39.7 Å². The maximum Gasteiger partial charge on any atom is 0.314 e. The van der Waals surface area contributed by atoms with Gasteiger partial charge in [-0.2, -0.15) is 27.8 Å². The number of esters is 1. The van der Waals surface area contributed by atoms with Crippen molar-refractivity contribution >= 4 is 70.3 Å². The molecule has 3 aromatic heterocycles. The van der Waals surface area contributed by atoms with Gasteiger partial charge in [0, 0.05) is 82.7 Å². The average Bonchev–Trinajstić information content (AvgIpc) is 2.18. The molecule has 442 valence electrons. The van der Waals surface area contributed by atoms with E-state index in [0.717, 1.165) is 117 Å². The zero-order valence-electron chi connectivity index (χ0n) is 50.2. The van der Waals surface area contributed by atoms with Crippen LogP contribution in [-0.4, -0.2) is 84.1 Å². The van der Waals surface area contributed by atoms with Crippen LogP contribution in [0, 0.1) is 23.2 Å². The molecule has 3 N–H and O–H groups in total. The number of carbonyl (C=O) groups excluding carboxylic acids is 3. The van der Waals surface area contributed by atoms with Gasteiger partial charge >= 0.3 is 5.97 Å². The minimum absolute atomic E-state index is 0.0372. The maximum atomic E-state index is 15.1. The third-order valence-electron chi connectivity index (χ3n) is 16.1. The summed E-state index contributed by atoms with van der Waals surface area (Å²) in [5, 5.41) is 21.7. The molecule has 4 atom stereocenters. The summed E-state index contributed by atoms with van der Waals surface area (Å²) in [4.78, 5) is 45.0. The Kier molecular flexibility index (Phi) is 20.1. The monoisotopic (exact) mass is 1170 g/mol. The van der Waals surface area contributed by atoms with Crippen molar-refractivity contribution in [1.82, 2.24) is 14.7 Å². The molecule has 1 aliphatic carbocycles. The number of nitrogens with two attached hydrogens (primary N) is 1. The number of aromatic nitrogens is 2. The van der Waals surface area contributed by atoms with Crippen LogP contribution in [0.4, 0.5) is 0 Å². The summed E-state index contributed by atoms with van der Waals surface area (Å²) in [5.41, 5.74) is 22.1. The number of methoxy groups -OCH3 is 2. The fourth-order valence-corrected chi connectivity index (χ4v) is 13.1. The number of amides is 1. The van der Waals surface area contributed by atoms with Crippen molar-refractivity contribution in [3.8, 4) is 39.9 Å². The Balaban J connectivity index is 1.04. The fraction of sp³-hybridized carbons (Fsp3) is 0.420. The lowest BCUT2D eigenvalue weighted by Gasteiger charge is -2.29. The van der Waals surface area contributed by atoms with Crippen molar-refractivity contribution in [3.63, 3.8) is 0 Å². The molecule has 3 aliphatic heterocycles. The van der Waals surface area contributed by atoms with Gasteiger partial charge in [-0.3, -0.25) is 14.4 Å². The summed E-state index contributed by atoms with van der Waals surface area (Å²) in [5.74, 6) is 1.66. The first-order valence-electron chi connectivity index (χ1n) is 29.4. The number of ether oxygens (including phenoxy) is 5. The van der Waals surface area contributed by atoms with Crippen molar-refractivity contribution in [2.24, 2.45) is 23.5 Å². The Morgan fingerprint density at radius 3 is 2.35 bits per heavy atom. The molecule has 4 unspecified atom stereocenters. The Hall–Kier alpha value is -7.29. The van der Waals surface area contributed by atoms with Crippen LogP contribution >= 0.6 is 22.7 Å². The molecule has 84 heavy (non-hydrogen) atoms. The molecule has 0 saturated carbocycles. The molecule has 1 amide bonds. The Labute approximate surface area is 503 Å². The zero-order chi connectivity index (χ0) is 59.7. The second kappa shape index (κ2) is 27.6. The van der Waals surface area contributed by atoms with Crippen LogP contribution in [0.3, 0.4) is 0 Å². The van der Waals surface area contributed by atoms with E-state index in [-0.39, 0.29) is 49.2 Å². The number of benzene rings is 2. The van der Waals surface area contributed by atoms with E-state index in [2.05, 4.69) is 92.8 Å². The molecule has 0 radical (unpaired) electrons. The van der Waals surface area contributed by atoms with Crippen molar-refractivity contribution in [2.45, 2.75) is 137 Å². The van der Waals surface area contributed by atoms with Gasteiger partial charge in [0.05, 0.1) is 37.1 Å². The van der Waals surface area contributed by atoms with E-state index in [1.165, 1.54) is 6.21 Å². The fourth-order valence-electron chi connectivity index (χ4n) is 11.9. The van der Waals surface area contributed by atoms with E-state index in [4.69, 9.17) is 39.9 Å². The van der Waals surface area contributed by atoms with Gasteiger partial charge in [0.1, 0.15) is 41.8 Å². The molecule has 6 heterocycles. The van der Waals surface area contributed by atoms with Crippen molar-refractivity contribution in [1.29, 1.82) is 5.41 Å². The molecule has 4 aliphatic rings. The number of Topliss-reactive ketones (excluding diaryl/α,β-unsaturated/α-hetero) is 1. The standard InChI is InChI=1S/C69H81N5O8S2/c1-43(2)28-50-34-56-45(4)58(39-80-63(56)36-61(50)78-8)55(16-12-10-11-14-47-22-26-83-41-47)60(75)33-46-17-19-48(31-49(20-18-46)32-52(38-70)68(77)82-69(5,6)7)29-44(3)30-51-35-57-64(37-62(51)79-9)81-40-59-65(67(76)73-24-13-15-53(71)21-25-73)72-74(66(57)59)54-23-27-84-42-54/h11-12,14,17,22-23,26-28,30,34-38,41-42,48-49,52-53,70H,10,13,15,18-21,24-25,29,31-33,39-40,71H2,1-9H3. The second-order valence-electron chi connectivity index (χ2n) is 24.0. The summed E-state index contributed by atoms with van der Waals surface area (Å²) >= 11 is 3.22. The van der Waals surface area contributed by atoms with E-state index in [1.807, 2.05) is 65.4 Å². The van der Waals surface area contributed by atoms with E-state index < -0.39 is 17.5 Å². The average molecular weight is 1170 g/mol. The van der Waals surface area contributed by atoms with Gasteiger partial charge in [-0.1, -0.05) is 47.1 Å². The van der Waals surface area contributed by atoms with Crippen molar-refractivity contribution < 1.29 is 38.1 Å². The molecule has 0 bridgehead atoms. The highest BCUT2D eigenvalue weighted by atomic mass is 32.1. The normalized spacial score (nSPS) is 18.5. The van der Waals surface area contributed by atoms with E-state index in [9.17, 15) is 9.59 Å². The molecule has 1 fully saturated rings. The van der Waals surface area contributed by atoms with Gasteiger partial charge in [-0.15, -0.1) is 5.73 Å². The largest absolute Gasteiger partial charge is 0.496 e. The maximum absolute atomic E-state index is 15.1. The van der Waals surface area contributed by atoms with Gasteiger partial charge in [0.2, 0.25) is 0 Å². The first kappa shape index (κ1) is 61.3. The smallest absolute Gasteiger partial charge is 0.314 e. The summed E-state index contributed by atoms with van der Waals surface area (Å²) in [6.45, 7) is 15.5. The van der Waals surface area contributed by atoms with Crippen LogP contribution in [0.15, 0.2) is 110 Å². The number of allylic oxidation sites excluding steroid dienone is 6. The van der Waals surface area contributed by atoms with Crippen LogP contribution in [0.2, 0.25) is 0 Å². The molecule has 15 heteroatoms. The summed E-state index contributed by atoms with van der Waals surface area (Å²) in [6, 6.07) is 12.2. The number of hydrogen-bond donors (Lipinski definition) is 2. The third kappa shape index (κ3) is 15.0. The SMILES string of the molecule is COc1cc2c(cc1C=C(C)C)C(C)=C(C(=C=CCC=Cc1ccsc1)C(=O)CC1=CCC(CC(C)=Cc3cc4c(cc3OC)OCc3c(C(=O)N5CCCC(N)CC5)nn(-c5ccsc5)c3-4)CC(CC(C=N)C(=O)OC(C)(C)C)CC1)CO2. The van der Waals surface area contributed by atoms with E-state index >= 15 is 4.79 Å². The van der Waals surface area contributed by atoms with Crippen LogP contribution < -0.4 is 24.7 Å². The van der Waals surface area contributed by atoms with Crippen molar-refractivity contribution in [3.05, 3.63) is 143 Å². The number of nitrogens with zero attached hydrogens (tertiary/aromatic N) is 3. The minimum atomic E-state index is -0.706. The number of hydrogen-bond acceptors (Lipinski definition) is 13. The lowest BCUT2D eigenvalue weighted by atomic mass is 9.77. The minimum Gasteiger partial charge on any atom is -0.496 e. The first-order valence-corrected chi connectivity index (χ1v) is 31.3. The lowest BCUT2D eigenvalue weighted by molar-refractivity contribution is -0.157. The molecule has 2 aromatic carbocycles. The number of likely N-dealkylation sites (tertiary alicyclic amines) is 1. The number of rotatable bonds is 19. The Morgan fingerprint density at radius 2 is 1.64 bits per heavy atom. The first-order chi connectivity index (χ1) is 40.4. The van der Waals surface area contributed by atoms with E-state index in [0.29, 0.717) is 67.3 Å². The van der Waals surface area contributed by atoms with Gasteiger partial charge in [-0.25, -0.2) is 4.68 Å². The van der Waals surface area contributed by atoms with Crippen LogP contribution in [-0.2, 0) is 20.9 Å². The summed E-state index contributed by atoms with van der Waals surface area (Å²) in [6.07, 6.45) is 21.2. The molecule has 0 spiro atoms. The third-order valence-corrected chi connectivity index (χ3v) is 17.4. The highest BCUT2D eigenvalue weighted by Gasteiger charge is 2.35. The van der Waals surface area contributed by atoms with Gasteiger partial charge in [0.25, 0.3) is 5.91 Å². The number of ketones is 1. The number of carbonyl (C=O) groups is 3.